The van der Waals surface area contributed by atoms with Crippen LogP contribution in [0.1, 0.15) is 19.8 Å². The van der Waals surface area contributed by atoms with Gasteiger partial charge in [-0.25, -0.2) is 0 Å². The Labute approximate surface area is 132 Å². The summed E-state index contributed by atoms with van der Waals surface area (Å²) in [4.78, 5) is 0. The summed E-state index contributed by atoms with van der Waals surface area (Å²) < 4.78 is 11.7. The molecule has 0 radical (unpaired) electrons. The zero-order valence-corrected chi connectivity index (χ0v) is 13.3. The fraction of sp³-hybridized carbons (Fsp3) is 0.474. The van der Waals surface area contributed by atoms with E-state index in [1.807, 2.05) is 0 Å². The molecule has 0 amide bonds. The van der Waals surface area contributed by atoms with Gasteiger partial charge in [-0.1, -0.05) is 43.3 Å². The molecule has 1 N–H and O–H groups in total. The van der Waals surface area contributed by atoms with Gasteiger partial charge in [-0.15, -0.1) is 0 Å². The minimum atomic E-state index is 0.409. The number of fused-ring (bicyclic) bond motifs is 1. The molecule has 2 atom stereocenters. The highest BCUT2D eigenvalue weighted by Gasteiger charge is 2.15. The number of rotatable bonds is 7. The van der Waals surface area contributed by atoms with E-state index in [1.165, 1.54) is 23.6 Å². The molecule has 118 valence electrons. The number of hydrogen-bond acceptors (Lipinski definition) is 3. The van der Waals surface area contributed by atoms with Gasteiger partial charge in [-0.3, -0.25) is 0 Å². The van der Waals surface area contributed by atoms with E-state index in [2.05, 4.69) is 54.7 Å². The molecule has 3 heteroatoms. The molecule has 0 saturated carbocycles. The van der Waals surface area contributed by atoms with Crippen molar-refractivity contribution in [2.45, 2.75) is 25.9 Å². The quantitative estimate of drug-likeness (QED) is 0.847. The summed E-state index contributed by atoms with van der Waals surface area (Å²) in [5.74, 6) is 1.45. The Balaban J connectivity index is 1.46. The summed E-state index contributed by atoms with van der Waals surface area (Å²) in [6.45, 7) is 5.79. The Bertz CT molecular complexity index is 588. The standard InChI is InChI=1S/C19H25NO2/c1-15(12-20-13-17-8-5-11-21-17)14-22-19-10-4-7-16-6-2-3-9-18(16)19/h2-4,6-7,9-10,15,17,20H,5,8,11-14H2,1H3/t15-,17-/m0/s1. The molecule has 0 spiro atoms. The van der Waals surface area contributed by atoms with Crippen LogP contribution in [0, 0.1) is 5.92 Å². The normalized spacial score (nSPS) is 19.4. The topological polar surface area (TPSA) is 30.5 Å². The predicted molar refractivity (Wildman–Crippen MR) is 90.5 cm³/mol. The van der Waals surface area contributed by atoms with Crippen LogP contribution in [0.25, 0.3) is 10.8 Å². The van der Waals surface area contributed by atoms with Crippen LogP contribution in [-0.2, 0) is 4.74 Å². The van der Waals surface area contributed by atoms with Gasteiger partial charge in [-0.05, 0) is 24.3 Å². The lowest BCUT2D eigenvalue weighted by molar-refractivity contribution is 0.108. The average molecular weight is 299 g/mol. The second-order valence-corrected chi connectivity index (χ2v) is 6.19. The molecule has 2 aromatic carbocycles. The maximum Gasteiger partial charge on any atom is 0.127 e. The Morgan fingerprint density at radius 1 is 1.23 bits per heavy atom. The second kappa shape index (κ2) is 7.61. The van der Waals surface area contributed by atoms with Crippen molar-refractivity contribution in [1.82, 2.24) is 5.32 Å². The molecule has 1 aliphatic heterocycles. The van der Waals surface area contributed by atoms with Gasteiger partial charge in [-0.2, -0.15) is 0 Å². The van der Waals surface area contributed by atoms with Crippen LogP contribution in [-0.4, -0.2) is 32.4 Å². The van der Waals surface area contributed by atoms with Crippen LogP contribution in [0.5, 0.6) is 5.75 Å². The van der Waals surface area contributed by atoms with Crippen molar-refractivity contribution < 1.29 is 9.47 Å². The van der Waals surface area contributed by atoms with Crippen LogP contribution < -0.4 is 10.1 Å². The first-order chi connectivity index (χ1) is 10.8. The van der Waals surface area contributed by atoms with Crippen LogP contribution in [0.4, 0.5) is 0 Å². The third-order valence-electron chi connectivity index (χ3n) is 4.16. The van der Waals surface area contributed by atoms with Crippen molar-refractivity contribution in [2.75, 3.05) is 26.3 Å². The van der Waals surface area contributed by atoms with E-state index in [1.54, 1.807) is 0 Å². The Kier molecular flexibility index (Phi) is 5.30. The molecule has 1 aliphatic rings. The fourth-order valence-electron chi connectivity index (χ4n) is 2.91. The molecule has 0 bridgehead atoms. The maximum absolute atomic E-state index is 6.03. The molecule has 0 aromatic heterocycles. The van der Waals surface area contributed by atoms with E-state index in [4.69, 9.17) is 9.47 Å². The molecule has 1 fully saturated rings. The van der Waals surface area contributed by atoms with Gasteiger partial charge >= 0.3 is 0 Å². The summed E-state index contributed by atoms with van der Waals surface area (Å²) in [5, 5.41) is 5.91. The SMILES string of the molecule is C[C@@H](CNC[C@@H]1CCCO1)COc1cccc2ccccc12. The van der Waals surface area contributed by atoms with E-state index in [0.29, 0.717) is 12.0 Å². The number of hydrogen-bond donors (Lipinski definition) is 1. The Morgan fingerprint density at radius 3 is 2.95 bits per heavy atom. The first-order valence-electron chi connectivity index (χ1n) is 8.26. The molecular weight excluding hydrogens is 274 g/mol. The summed E-state index contributed by atoms with van der Waals surface area (Å²) in [6, 6.07) is 14.6. The molecule has 2 aromatic rings. The van der Waals surface area contributed by atoms with Crippen LogP contribution in [0.2, 0.25) is 0 Å². The number of benzene rings is 2. The monoisotopic (exact) mass is 299 g/mol. The van der Waals surface area contributed by atoms with Crippen LogP contribution >= 0.6 is 0 Å². The van der Waals surface area contributed by atoms with Crippen molar-refractivity contribution in [1.29, 1.82) is 0 Å². The van der Waals surface area contributed by atoms with Gasteiger partial charge in [0.25, 0.3) is 0 Å². The molecular formula is C19H25NO2. The number of ether oxygens (including phenoxy) is 2. The van der Waals surface area contributed by atoms with Crippen molar-refractivity contribution in [3.8, 4) is 5.75 Å². The highest BCUT2D eigenvalue weighted by atomic mass is 16.5. The van der Waals surface area contributed by atoms with E-state index in [0.717, 1.165) is 32.1 Å². The van der Waals surface area contributed by atoms with E-state index < -0.39 is 0 Å². The van der Waals surface area contributed by atoms with E-state index in [-0.39, 0.29) is 0 Å². The van der Waals surface area contributed by atoms with Gasteiger partial charge in [0.1, 0.15) is 5.75 Å². The molecule has 3 rings (SSSR count). The smallest absolute Gasteiger partial charge is 0.127 e. The zero-order valence-electron chi connectivity index (χ0n) is 13.3. The molecule has 0 aliphatic carbocycles. The zero-order chi connectivity index (χ0) is 15.2. The summed E-state index contributed by atoms with van der Waals surface area (Å²) in [6.07, 6.45) is 2.80. The van der Waals surface area contributed by atoms with Crippen LogP contribution in [0.3, 0.4) is 0 Å². The third kappa shape index (κ3) is 3.99. The summed E-state index contributed by atoms with van der Waals surface area (Å²) in [5.41, 5.74) is 0. The second-order valence-electron chi connectivity index (χ2n) is 6.19. The first-order valence-corrected chi connectivity index (χ1v) is 8.26. The van der Waals surface area contributed by atoms with Crippen LogP contribution in [0.15, 0.2) is 42.5 Å². The average Bonchev–Trinajstić information content (AvgIpc) is 3.06. The largest absolute Gasteiger partial charge is 0.493 e. The minimum Gasteiger partial charge on any atom is -0.493 e. The number of nitrogens with one attached hydrogen (secondary N) is 1. The third-order valence-corrected chi connectivity index (χ3v) is 4.16. The Morgan fingerprint density at radius 2 is 2.09 bits per heavy atom. The van der Waals surface area contributed by atoms with E-state index in [9.17, 15) is 0 Å². The van der Waals surface area contributed by atoms with Crippen molar-refractivity contribution in [2.24, 2.45) is 5.92 Å². The van der Waals surface area contributed by atoms with Crippen molar-refractivity contribution >= 4 is 10.8 Å². The minimum absolute atomic E-state index is 0.409. The van der Waals surface area contributed by atoms with Gasteiger partial charge in [0.05, 0.1) is 12.7 Å². The van der Waals surface area contributed by atoms with Crippen molar-refractivity contribution in [3.63, 3.8) is 0 Å². The van der Waals surface area contributed by atoms with Crippen molar-refractivity contribution in [3.05, 3.63) is 42.5 Å². The molecule has 1 saturated heterocycles. The lowest BCUT2D eigenvalue weighted by Crippen LogP contribution is -2.31. The van der Waals surface area contributed by atoms with Gasteiger partial charge in [0, 0.05) is 31.0 Å². The predicted octanol–water partition coefficient (Wildman–Crippen LogP) is 3.62. The Hall–Kier alpha value is -1.58. The van der Waals surface area contributed by atoms with Gasteiger partial charge < -0.3 is 14.8 Å². The lowest BCUT2D eigenvalue weighted by Gasteiger charge is -2.16. The molecule has 3 nitrogen and oxygen atoms in total. The molecule has 0 unspecified atom stereocenters. The van der Waals surface area contributed by atoms with E-state index >= 15 is 0 Å². The maximum atomic E-state index is 6.03. The first kappa shape index (κ1) is 15.3. The highest BCUT2D eigenvalue weighted by molar-refractivity contribution is 5.88. The van der Waals surface area contributed by atoms with Gasteiger partial charge in [0.15, 0.2) is 0 Å². The summed E-state index contributed by atoms with van der Waals surface area (Å²) in [7, 11) is 0. The highest BCUT2D eigenvalue weighted by Crippen LogP contribution is 2.25. The molecule has 1 heterocycles. The lowest BCUT2D eigenvalue weighted by atomic mass is 10.1. The van der Waals surface area contributed by atoms with Gasteiger partial charge in [0.2, 0.25) is 0 Å². The molecule has 22 heavy (non-hydrogen) atoms. The summed E-state index contributed by atoms with van der Waals surface area (Å²) >= 11 is 0. The fourth-order valence-corrected chi connectivity index (χ4v) is 2.91.